The Morgan fingerprint density at radius 1 is 1.29 bits per heavy atom. The van der Waals surface area contributed by atoms with Crippen LogP contribution in [0.1, 0.15) is 12.8 Å². The van der Waals surface area contributed by atoms with Crippen LogP contribution in [-0.4, -0.2) is 31.3 Å². The molecule has 92 valence electrons. The highest BCUT2D eigenvalue weighted by Gasteiger charge is 2.25. The summed E-state index contributed by atoms with van der Waals surface area (Å²) in [6.07, 6.45) is 1.59. The van der Waals surface area contributed by atoms with Crippen molar-refractivity contribution in [1.82, 2.24) is 0 Å². The number of benzene rings is 1. The van der Waals surface area contributed by atoms with E-state index in [1.165, 1.54) is 0 Å². The fraction of sp³-hybridized carbons (Fsp3) is 0.462. The van der Waals surface area contributed by atoms with E-state index in [1.54, 1.807) is 36.2 Å². The fourth-order valence-corrected chi connectivity index (χ4v) is 2.02. The first kappa shape index (κ1) is 11.9. The third kappa shape index (κ3) is 2.77. The summed E-state index contributed by atoms with van der Waals surface area (Å²) >= 11 is 0. The molecule has 0 spiro atoms. The van der Waals surface area contributed by atoms with E-state index in [1.807, 2.05) is 0 Å². The molecular weight excluding hydrogens is 218 g/mol. The van der Waals surface area contributed by atoms with Crippen molar-refractivity contribution in [2.24, 2.45) is 5.92 Å². The average Bonchev–Trinajstić information content (AvgIpc) is 2.39. The first-order chi connectivity index (χ1) is 8.18. The molecule has 1 amide bonds. The zero-order valence-electron chi connectivity index (χ0n) is 9.93. The first-order valence-corrected chi connectivity index (χ1v) is 5.83. The van der Waals surface area contributed by atoms with E-state index >= 15 is 0 Å². The summed E-state index contributed by atoms with van der Waals surface area (Å²) in [6.45, 7) is 1.33. The zero-order valence-corrected chi connectivity index (χ0v) is 9.93. The molecule has 0 aliphatic carbocycles. The Morgan fingerprint density at radius 3 is 2.47 bits per heavy atom. The van der Waals surface area contributed by atoms with Crippen molar-refractivity contribution in [2.45, 2.75) is 12.8 Å². The number of anilines is 1. The Morgan fingerprint density at radius 2 is 1.88 bits per heavy atom. The summed E-state index contributed by atoms with van der Waals surface area (Å²) in [4.78, 5) is 13.8. The van der Waals surface area contributed by atoms with Crippen LogP contribution >= 0.6 is 0 Å². The number of carbonyl (C=O) groups excluding carboxylic acids is 1. The molecular formula is C13H17NO3. The van der Waals surface area contributed by atoms with E-state index in [0.29, 0.717) is 13.2 Å². The number of ether oxygens (including phenoxy) is 1. The van der Waals surface area contributed by atoms with Crippen LogP contribution < -0.4 is 4.90 Å². The summed E-state index contributed by atoms with van der Waals surface area (Å²) < 4.78 is 5.25. The van der Waals surface area contributed by atoms with E-state index in [0.717, 1.165) is 18.5 Å². The standard InChI is InChI=1S/C13H17NO3/c1-14(11-2-4-12(15)5-3-11)13(16)10-6-8-17-9-7-10/h2-5,10,15H,6-9H2,1H3. The molecule has 0 aromatic heterocycles. The number of amides is 1. The van der Waals surface area contributed by atoms with Crippen molar-refractivity contribution < 1.29 is 14.6 Å². The molecule has 1 aliphatic heterocycles. The minimum absolute atomic E-state index is 0.0579. The lowest BCUT2D eigenvalue weighted by Gasteiger charge is -2.26. The van der Waals surface area contributed by atoms with Gasteiger partial charge in [0.15, 0.2) is 0 Å². The maximum Gasteiger partial charge on any atom is 0.230 e. The molecule has 2 rings (SSSR count). The molecule has 1 aromatic carbocycles. The number of rotatable bonds is 2. The predicted octanol–water partition coefficient (Wildman–Crippen LogP) is 1.78. The lowest BCUT2D eigenvalue weighted by Crippen LogP contribution is -2.35. The Balaban J connectivity index is 2.05. The van der Waals surface area contributed by atoms with Gasteiger partial charge in [0, 0.05) is 31.9 Å². The van der Waals surface area contributed by atoms with Gasteiger partial charge >= 0.3 is 0 Å². The van der Waals surface area contributed by atoms with E-state index in [-0.39, 0.29) is 17.6 Å². The van der Waals surface area contributed by atoms with Crippen LogP contribution in [0.4, 0.5) is 5.69 Å². The molecule has 0 atom stereocenters. The van der Waals surface area contributed by atoms with E-state index in [2.05, 4.69) is 0 Å². The van der Waals surface area contributed by atoms with Crippen molar-refractivity contribution in [3.63, 3.8) is 0 Å². The molecule has 17 heavy (non-hydrogen) atoms. The lowest BCUT2D eigenvalue weighted by molar-refractivity contribution is -0.124. The molecule has 0 unspecified atom stereocenters. The maximum absolute atomic E-state index is 12.2. The van der Waals surface area contributed by atoms with Gasteiger partial charge in [-0.2, -0.15) is 0 Å². The van der Waals surface area contributed by atoms with Gasteiger partial charge in [-0.25, -0.2) is 0 Å². The van der Waals surface area contributed by atoms with Crippen LogP contribution in [-0.2, 0) is 9.53 Å². The highest BCUT2D eigenvalue weighted by atomic mass is 16.5. The number of phenolic OH excluding ortho intramolecular Hbond substituents is 1. The Hall–Kier alpha value is -1.55. The number of carbonyl (C=O) groups is 1. The fourth-order valence-electron chi connectivity index (χ4n) is 2.02. The van der Waals surface area contributed by atoms with Crippen molar-refractivity contribution in [1.29, 1.82) is 0 Å². The average molecular weight is 235 g/mol. The zero-order chi connectivity index (χ0) is 12.3. The van der Waals surface area contributed by atoms with Gasteiger partial charge in [0.05, 0.1) is 0 Å². The second-order valence-electron chi connectivity index (χ2n) is 4.30. The van der Waals surface area contributed by atoms with Crippen LogP contribution in [0.3, 0.4) is 0 Å². The van der Waals surface area contributed by atoms with Crippen molar-refractivity contribution in [3.8, 4) is 5.75 Å². The minimum Gasteiger partial charge on any atom is -0.508 e. The molecule has 1 heterocycles. The van der Waals surface area contributed by atoms with Crippen LogP contribution in [0.15, 0.2) is 24.3 Å². The molecule has 1 aromatic rings. The van der Waals surface area contributed by atoms with Gasteiger partial charge in [0.25, 0.3) is 0 Å². The predicted molar refractivity (Wildman–Crippen MR) is 65.1 cm³/mol. The first-order valence-electron chi connectivity index (χ1n) is 5.83. The van der Waals surface area contributed by atoms with Crippen molar-refractivity contribution in [2.75, 3.05) is 25.2 Å². The number of aromatic hydroxyl groups is 1. The van der Waals surface area contributed by atoms with E-state index in [9.17, 15) is 9.90 Å². The van der Waals surface area contributed by atoms with Gasteiger partial charge in [-0.1, -0.05) is 0 Å². The molecule has 4 heteroatoms. The minimum atomic E-state index is 0.0579. The normalized spacial score (nSPS) is 16.8. The van der Waals surface area contributed by atoms with Crippen LogP contribution in [0, 0.1) is 5.92 Å². The maximum atomic E-state index is 12.2. The summed E-state index contributed by atoms with van der Waals surface area (Å²) in [6, 6.07) is 6.66. The Kier molecular flexibility index (Phi) is 3.64. The Labute approximate surface area is 101 Å². The molecule has 4 nitrogen and oxygen atoms in total. The van der Waals surface area contributed by atoms with E-state index in [4.69, 9.17) is 4.74 Å². The van der Waals surface area contributed by atoms with Crippen LogP contribution in [0.25, 0.3) is 0 Å². The quantitative estimate of drug-likeness (QED) is 0.850. The van der Waals surface area contributed by atoms with Gasteiger partial charge in [-0.3, -0.25) is 4.79 Å². The molecule has 0 bridgehead atoms. The van der Waals surface area contributed by atoms with Crippen LogP contribution in [0.2, 0.25) is 0 Å². The second kappa shape index (κ2) is 5.19. The molecule has 0 saturated carbocycles. The summed E-state index contributed by atoms with van der Waals surface area (Å²) in [5, 5.41) is 9.21. The van der Waals surface area contributed by atoms with Gasteiger partial charge in [-0.05, 0) is 37.1 Å². The molecule has 1 aliphatic rings. The summed E-state index contributed by atoms with van der Waals surface area (Å²) in [5.41, 5.74) is 0.805. The largest absolute Gasteiger partial charge is 0.508 e. The summed E-state index contributed by atoms with van der Waals surface area (Å²) in [5.74, 6) is 0.391. The number of phenols is 1. The topological polar surface area (TPSA) is 49.8 Å². The van der Waals surface area contributed by atoms with Gasteiger partial charge in [0.2, 0.25) is 5.91 Å². The van der Waals surface area contributed by atoms with Crippen molar-refractivity contribution >= 4 is 11.6 Å². The van der Waals surface area contributed by atoms with Crippen LogP contribution in [0.5, 0.6) is 5.75 Å². The third-order valence-corrected chi connectivity index (χ3v) is 3.14. The molecule has 1 saturated heterocycles. The smallest absolute Gasteiger partial charge is 0.230 e. The third-order valence-electron chi connectivity index (χ3n) is 3.14. The number of hydrogen-bond donors (Lipinski definition) is 1. The van der Waals surface area contributed by atoms with Gasteiger partial charge < -0.3 is 14.7 Å². The monoisotopic (exact) mass is 235 g/mol. The molecule has 0 radical (unpaired) electrons. The van der Waals surface area contributed by atoms with Crippen molar-refractivity contribution in [3.05, 3.63) is 24.3 Å². The highest BCUT2D eigenvalue weighted by molar-refractivity contribution is 5.94. The number of hydrogen-bond acceptors (Lipinski definition) is 3. The van der Waals surface area contributed by atoms with Gasteiger partial charge in [0.1, 0.15) is 5.75 Å². The SMILES string of the molecule is CN(C(=O)C1CCOCC1)c1ccc(O)cc1. The second-order valence-corrected chi connectivity index (χ2v) is 4.30. The van der Waals surface area contributed by atoms with E-state index < -0.39 is 0 Å². The summed E-state index contributed by atoms with van der Waals surface area (Å²) in [7, 11) is 1.77. The highest BCUT2D eigenvalue weighted by Crippen LogP contribution is 2.22. The molecule has 1 N–H and O–H groups in total. The molecule has 1 fully saturated rings. The van der Waals surface area contributed by atoms with Gasteiger partial charge in [-0.15, -0.1) is 0 Å². The number of nitrogens with zero attached hydrogens (tertiary/aromatic N) is 1. The Bertz CT molecular complexity index is 382. The lowest BCUT2D eigenvalue weighted by atomic mass is 9.98.